The standard InChI is InChI=1S/C7H15N.Co/c1-6(2,3)7(4,5)8;/h1-5H3;. The van der Waals surface area contributed by atoms with E-state index in [2.05, 4.69) is 54.2 Å². The van der Waals surface area contributed by atoms with E-state index < -0.39 is 0 Å². The van der Waals surface area contributed by atoms with Gasteiger partial charge in [-0.3, -0.25) is 0 Å². The van der Waals surface area contributed by atoms with E-state index in [0.717, 1.165) is 0 Å². The normalized spacial score (nSPS) is 13.6. The molecule has 0 aliphatic rings. The fraction of sp³-hybridized carbons (Fsp3) is 1.00. The number of nitrogens with zero attached hydrogens (tertiary/aromatic N) is 1. The molecule has 0 saturated heterocycles. The summed E-state index contributed by atoms with van der Waals surface area (Å²) in [5.41, 5.74) is 0.167. The predicted octanol–water partition coefficient (Wildman–Crippen LogP) is 2.54. The molecule has 0 amide bonds. The Morgan fingerprint density at radius 1 is 1.00 bits per heavy atom. The maximum absolute atomic E-state index is 3.98. The molecule has 0 aliphatic heterocycles. The van der Waals surface area contributed by atoms with Gasteiger partial charge in [-0.2, -0.15) is 0 Å². The van der Waals surface area contributed by atoms with E-state index in [-0.39, 0.29) is 11.0 Å². The van der Waals surface area contributed by atoms with E-state index in [9.17, 15) is 0 Å². The molecule has 0 heterocycles. The van der Waals surface area contributed by atoms with Crippen LogP contribution in [0.1, 0.15) is 34.6 Å². The summed E-state index contributed by atoms with van der Waals surface area (Å²) in [4.78, 5) is 0. The summed E-state index contributed by atoms with van der Waals surface area (Å²) in [7, 11) is 0. The fourth-order valence-corrected chi connectivity index (χ4v) is 0.461. The average molecular weight is 172 g/mol. The van der Waals surface area contributed by atoms with E-state index in [1.807, 2.05) is 0 Å². The SMILES string of the molecule is CC(C)(C)C(C)(C)[N]=[Co]. The molecule has 0 aromatic carbocycles. The second-order valence-electron chi connectivity index (χ2n) is 3.88. The zero-order valence-electron chi connectivity index (χ0n) is 6.78. The Morgan fingerprint density at radius 2 is 1.33 bits per heavy atom. The van der Waals surface area contributed by atoms with Gasteiger partial charge in [-0.25, -0.2) is 0 Å². The Balaban J connectivity index is 4.32. The van der Waals surface area contributed by atoms with Crippen molar-refractivity contribution in [3.63, 3.8) is 0 Å². The second kappa shape index (κ2) is 2.50. The first-order valence-electron chi connectivity index (χ1n) is 3.12. The molecular weight excluding hydrogens is 157 g/mol. The van der Waals surface area contributed by atoms with Crippen molar-refractivity contribution in [1.29, 1.82) is 0 Å². The van der Waals surface area contributed by atoms with Crippen LogP contribution in [0.25, 0.3) is 0 Å². The van der Waals surface area contributed by atoms with Gasteiger partial charge in [-0.1, -0.05) is 0 Å². The average Bonchev–Trinajstić information content (AvgIpc) is 1.64. The molecule has 1 nitrogen and oxygen atoms in total. The van der Waals surface area contributed by atoms with Crippen LogP contribution in [0.4, 0.5) is 0 Å². The van der Waals surface area contributed by atoms with Crippen LogP contribution in [0.2, 0.25) is 0 Å². The van der Waals surface area contributed by atoms with Crippen molar-refractivity contribution in [3.05, 3.63) is 0 Å². The van der Waals surface area contributed by atoms with Gasteiger partial charge in [0.15, 0.2) is 0 Å². The fourth-order valence-electron chi connectivity index (χ4n) is 0.112. The van der Waals surface area contributed by atoms with Gasteiger partial charge >= 0.3 is 65.1 Å². The van der Waals surface area contributed by atoms with Crippen molar-refractivity contribution in [2.75, 3.05) is 0 Å². The van der Waals surface area contributed by atoms with Crippen molar-refractivity contribution < 1.29 is 15.5 Å². The van der Waals surface area contributed by atoms with Crippen LogP contribution >= 0.6 is 0 Å². The molecule has 9 heavy (non-hydrogen) atoms. The topological polar surface area (TPSA) is 12.4 Å². The third-order valence-electron chi connectivity index (χ3n) is 2.02. The van der Waals surface area contributed by atoms with Crippen molar-refractivity contribution >= 4 is 0 Å². The van der Waals surface area contributed by atoms with Crippen molar-refractivity contribution in [2.45, 2.75) is 40.2 Å². The minimum atomic E-state index is -0.0347. The van der Waals surface area contributed by atoms with Crippen LogP contribution in [0, 0.1) is 5.41 Å². The van der Waals surface area contributed by atoms with Gasteiger partial charge in [-0.15, -0.1) is 0 Å². The Labute approximate surface area is 65.6 Å². The monoisotopic (exact) mass is 172 g/mol. The molecule has 57 valence electrons. The summed E-state index contributed by atoms with van der Waals surface area (Å²) >= 11 is 3.97. The third kappa shape index (κ3) is 2.18. The van der Waals surface area contributed by atoms with Gasteiger partial charge in [0.1, 0.15) is 0 Å². The van der Waals surface area contributed by atoms with Crippen LogP contribution < -0.4 is 0 Å². The molecule has 0 aromatic heterocycles. The Morgan fingerprint density at radius 3 is 1.33 bits per heavy atom. The predicted molar refractivity (Wildman–Crippen MR) is 36.0 cm³/mol. The second-order valence-corrected chi connectivity index (χ2v) is 4.12. The molecule has 2 heteroatoms. The van der Waals surface area contributed by atoms with Gasteiger partial charge in [0, 0.05) is 0 Å². The van der Waals surface area contributed by atoms with Gasteiger partial charge in [0.2, 0.25) is 0 Å². The molecule has 0 spiro atoms. The van der Waals surface area contributed by atoms with Crippen molar-refractivity contribution in [2.24, 2.45) is 9.41 Å². The van der Waals surface area contributed by atoms with Crippen LogP contribution in [-0.4, -0.2) is 5.54 Å². The molecule has 0 aliphatic carbocycles. The molecule has 0 aromatic rings. The molecule has 0 atom stereocenters. The molecule has 0 rings (SSSR count). The van der Waals surface area contributed by atoms with Gasteiger partial charge in [0.25, 0.3) is 0 Å². The van der Waals surface area contributed by atoms with E-state index in [1.165, 1.54) is 0 Å². The third-order valence-corrected chi connectivity index (χ3v) is 2.60. The first-order chi connectivity index (χ1) is 3.81. The van der Waals surface area contributed by atoms with Gasteiger partial charge in [0.05, 0.1) is 0 Å². The molecular formula is C7H15CoN. The van der Waals surface area contributed by atoms with E-state index >= 15 is 0 Å². The molecule has 0 radical (unpaired) electrons. The molecule has 0 fully saturated rings. The summed E-state index contributed by atoms with van der Waals surface area (Å²) in [5, 5.41) is 0. The summed E-state index contributed by atoms with van der Waals surface area (Å²) in [6, 6.07) is 0. The maximum atomic E-state index is 3.98. The van der Waals surface area contributed by atoms with Gasteiger partial charge in [-0.05, 0) is 0 Å². The summed E-state index contributed by atoms with van der Waals surface area (Å²) in [5.74, 6) is 0. The first-order valence-corrected chi connectivity index (χ1v) is 3.59. The van der Waals surface area contributed by atoms with Crippen LogP contribution in [0.15, 0.2) is 4.00 Å². The summed E-state index contributed by atoms with van der Waals surface area (Å²) < 4.78 is 3.98. The molecule has 0 unspecified atom stereocenters. The number of hydrogen-bond donors (Lipinski definition) is 0. The van der Waals surface area contributed by atoms with E-state index in [4.69, 9.17) is 0 Å². The summed E-state index contributed by atoms with van der Waals surface area (Å²) in [6.07, 6.45) is 0. The molecule has 0 N–H and O–H groups in total. The first kappa shape index (κ1) is 9.31. The Bertz CT molecular complexity index is 111. The van der Waals surface area contributed by atoms with Crippen LogP contribution in [-0.2, 0) is 15.5 Å². The minimum absolute atomic E-state index is 0.0347. The van der Waals surface area contributed by atoms with Gasteiger partial charge < -0.3 is 0 Å². The number of rotatable bonds is 1. The molecule has 0 bridgehead atoms. The van der Waals surface area contributed by atoms with Crippen molar-refractivity contribution in [3.8, 4) is 0 Å². The summed E-state index contributed by atoms with van der Waals surface area (Å²) in [6.45, 7) is 10.6. The zero-order valence-corrected chi connectivity index (χ0v) is 7.82. The van der Waals surface area contributed by atoms with Crippen LogP contribution in [0.5, 0.6) is 0 Å². The quantitative estimate of drug-likeness (QED) is 0.576. The van der Waals surface area contributed by atoms with Crippen molar-refractivity contribution in [1.82, 2.24) is 0 Å². The Hall–Kier alpha value is 0.306. The van der Waals surface area contributed by atoms with Crippen LogP contribution in [0.3, 0.4) is 0 Å². The molecule has 0 saturated carbocycles. The number of hydrogen-bond acceptors (Lipinski definition) is 1. The zero-order chi connectivity index (χ0) is 7.71. The Kier molecular flexibility index (Phi) is 2.59. The van der Waals surface area contributed by atoms with E-state index in [1.54, 1.807) is 0 Å². The van der Waals surface area contributed by atoms with E-state index in [0.29, 0.717) is 0 Å².